The van der Waals surface area contributed by atoms with Gasteiger partial charge in [0.05, 0.1) is 23.0 Å². The van der Waals surface area contributed by atoms with E-state index in [4.69, 9.17) is 11.6 Å². The lowest BCUT2D eigenvalue weighted by Crippen LogP contribution is -2.38. The maximum absolute atomic E-state index is 12.8. The maximum Gasteiger partial charge on any atom is 0.253 e. The number of amides is 2. The molecule has 0 spiro atoms. The monoisotopic (exact) mass is 370 g/mol. The SMILES string of the molecule is C[C@@H]1CCCN1C(=O)C[C@@H](NC(=O)c1ccccc1Cl)c1ccccc1. The van der Waals surface area contributed by atoms with Crippen LogP contribution in [0.4, 0.5) is 0 Å². The average molecular weight is 371 g/mol. The zero-order valence-electron chi connectivity index (χ0n) is 14.8. The van der Waals surface area contributed by atoms with Crippen LogP contribution in [0, 0.1) is 0 Å². The summed E-state index contributed by atoms with van der Waals surface area (Å²) in [7, 11) is 0. The van der Waals surface area contributed by atoms with Crippen LogP contribution in [0.15, 0.2) is 54.6 Å². The van der Waals surface area contributed by atoms with Gasteiger partial charge in [-0.25, -0.2) is 0 Å². The van der Waals surface area contributed by atoms with Gasteiger partial charge >= 0.3 is 0 Å². The molecule has 2 aromatic carbocycles. The number of halogens is 1. The molecule has 4 nitrogen and oxygen atoms in total. The fourth-order valence-electron chi connectivity index (χ4n) is 3.41. The summed E-state index contributed by atoms with van der Waals surface area (Å²) in [4.78, 5) is 27.4. The number of rotatable bonds is 5. The van der Waals surface area contributed by atoms with Gasteiger partial charge in [-0.2, -0.15) is 0 Å². The number of benzene rings is 2. The minimum Gasteiger partial charge on any atom is -0.345 e. The van der Waals surface area contributed by atoms with E-state index in [1.54, 1.807) is 24.3 Å². The van der Waals surface area contributed by atoms with Crippen molar-refractivity contribution in [2.45, 2.75) is 38.3 Å². The fourth-order valence-corrected chi connectivity index (χ4v) is 3.64. The maximum atomic E-state index is 12.8. The van der Waals surface area contributed by atoms with Gasteiger partial charge < -0.3 is 10.2 Å². The van der Waals surface area contributed by atoms with Crippen molar-refractivity contribution in [3.63, 3.8) is 0 Å². The highest BCUT2D eigenvalue weighted by Crippen LogP contribution is 2.24. The highest BCUT2D eigenvalue weighted by Gasteiger charge is 2.28. The van der Waals surface area contributed by atoms with E-state index in [9.17, 15) is 9.59 Å². The summed E-state index contributed by atoms with van der Waals surface area (Å²) in [6, 6.07) is 16.4. The van der Waals surface area contributed by atoms with E-state index in [0.717, 1.165) is 24.9 Å². The van der Waals surface area contributed by atoms with Crippen molar-refractivity contribution in [1.82, 2.24) is 10.2 Å². The molecule has 2 atom stereocenters. The molecular weight excluding hydrogens is 348 g/mol. The quantitative estimate of drug-likeness (QED) is 0.856. The molecule has 0 aromatic heterocycles. The zero-order valence-corrected chi connectivity index (χ0v) is 15.6. The van der Waals surface area contributed by atoms with Crippen LogP contribution in [0.1, 0.15) is 48.1 Å². The Bertz CT molecular complexity index is 779. The lowest BCUT2D eigenvalue weighted by molar-refractivity contribution is -0.132. The van der Waals surface area contributed by atoms with Gasteiger partial charge in [0.25, 0.3) is 5.91 Å². The molecule has 0 radical (unpaired) electrons. The number of nitrogens with one attached hydrogen (secondary N) is 1. The molecular formula is C21H23ClN2O2. The second-order valence-electron chi connectivity index (χ2n) is 6.70. The molecule has 3 rings (SSSR count). The van der Waals surface area contributed by atoms with E-state index in [1.807, 2.05) is 35.2 Å². The second-order valence-corrected chi connectivity index (χ2v) is 7.11. The normalized spacial score (nSPS) is 17.8. The van der Waals surface area contributed by atoms with Crippen molar-refractivity contribution in [2.75, 3.05) is 6.54 Å². The predicted octanol–water partition coefficient (Wildman–Crippen LogP) is 4.21. The molecule has 0 bridgehead atoms. The minimum atomic E-state index is -0.389. The lowest BCUT2D eigenvalue weighted by Gasteiger charge is -2.25. The van der Waals surface area contributed by atoms with Crippen LogP contribution in [0.25, 0.3) is 0 Å². The largest absolute Gasteiger partial charge is 0.345 e. The molecule has 1 fully saturated rings. The topological polar surface area (TPSA) is 49.4 Å². The predicted molar refractivity (Wildman–Crippen MR) is 103 cm³/mol. The van der Waals surface area contributed by atoms with Gasteiger partial charge in [-0.15, -0.1) is 0 Å². The van der Waals surface area contributed by atoms with Gasteiger partial charge in [0.15, 0.2) is 0 Å². The third-order valence-electron chi connectivity index (χ3n) is 4.88. The van der Waals surface area contributed by atoms with Gasteiger partial charge in [0.2, 0.25) is 5.91 Å². The standard InChI is InChI=1S/C21H23ClN2O2/c1-15-8-7-13-24(15)20(25)14-19(16-9-3-2-4-10-16)23-21(26)17-11-5-6-12-18(17)22/h2-6,9-12,15,19H,7-8,13-14H2,1H3,(H,23,26)/t15-,19-/m1/s1. The van der Waals surface area contributed by atoms with Crippen molar-refractivity contribution in [3.8, 4) is 0 Å². The van der Waals surface area contributed by atoms with E-state index in [0.29, 0.717) is 10.6 Å². The Morgan fingerprint density at radius 1 is 1.15 bits per heavy atom. The summed E-state index contributed by atoms with van der Waals surface area (Å²) in [5.41, 5.74) is 1.32. The van der Waals surface area contributed by atoms with E-state index < -0.39 is 0 Å². The summed E-state index contributed by atoms with van der Waals surface area (Å²) < 4.78 is 0. The number of carbonyl (C=O) groups excluding carboxylic acids is 2. The first-order valence-corrected chi connectivity index (χ1v) is 9.34. The van der Waals surface area contributed by atoms with Crippen molar-refractivity contribution >= 4 is 23.4 Å². The zero-order chi connectivity index (χ0) is 18.5. The smallest absolute Gasteiger partial charge is 0.253 e. The van der Waals surface area contributed by atoms with Crippen molar-refractivity contribution in [2.24, 2.45) is 0 Å². The molecule has 1 saturated heterocycles. The summed E-state index contributed by atoms with van der Waals surface area (Å²) in [5, 5.41) is 3.39. The summed E-state index contributed by atoms with van der Waals surface area (Å²) in [6.45, 7) is 2.87. The van der Waals surface area contributed by atoms with Crippen LogP contribution in [-0.2, 0) is 4.79 Å². The highest BCUT2D eigenvalue weighted by atomic mass is 35.5. The Hall–Kier alpha value is -2.33. The molecule has 136 valence electrons. The lowest BCUT2D eigenvalue weighted by atomic mass is 10.0. The van der Waals surface area contributed by atoms with Crippen LogP contribution in [0.3, 0.4) is 0 Å². The number of nitrogens with zero attached hydrogens (tertiary/aromatic N) is 1. The van der Waals surface area contributed by atoms with E-state index in [2.05, 4.69) is 12.2 Å². The average Bonchev–Trinajstić information content (AvgIpc) is 3.08. The van der Waals surface area contributed by atoms with Crippen LogP contribution in [-0.4, -0.2) is 29.3 Å². The molecule has 2 amide bonds. The third-order valence-corrected chi connectivity index (χ3v) is 5.21. The Balaban J connectivity index is 1.79. The van der Waals surface area contributed by atoms with E-state index in [-0.39, 0.29) is 30.3 Å². The third kappa shape index (κ3) is 4.25. The van der Waals surface area contributed by atoms with Crippen LogP contribution in [0.5, 0.6) is 0 Å². The number of carbonyl (C=O) groups is 2. The van der Waals surface area contributed by atoms with Crippen LogP contribution >= 0.6 is 11.6 Å². The first kappa shape index (κ1) is 18.5. The van der Waals surface area contributed by atoms with Gasteiger partial charge in [0, 0.05) is 12.6 Å². The summed E-state index contributed by atoms with van der Waals surface area (Å²) in [5.74, 6) is -0.199. The van der Waals surface area contributed by atoms with Gasteiger partial charge in [-0.05, 0) is 37.5 Å². The molecule has 0 saturated carbocycles. The van der Waals surface area contributed by atoms with E-state index in [1.165, 1.54) is 0 Å². The summed E-state index contributed by atoms with van der Waals surface area (Å²) in [6.07, 6.45) is 2.31. The van der Waals surface area contributed by atoms with Gasteiger partial charge in [-0.1, -0.05) is 54.1 Å². The van der Waals surface area contributed by atoms with Gasteiger partial charge in [-0.3, -0.25) is 9.59 Å². The molecule has 0 unspecified atom stereocenters. The molecule has 0 aliphatic carbocycles. The first-order chi connectivity index (χ1) is 12.6. The van der Waals surface area contributed by atoms with Crippen LogP contribution < -0.4 is 5.32 Å². The van der Waals surface area contributed by atoms with Crippen LogP contribution in [0.2, 0.25) is 5.02 Å². The molecule has 1 aliphatic rings. The van der Waals surface area contributed by atoms with E-state index >= 15 is 0 Å². The number of hydrogen-bond donors (Lipinski definition) is 1. The molecule has 5 heteroatoms. The second kappa shape index (κ2) is 8.37. The Kier molecular flexibility index (Phi) is 5.94. The molecule has 1 heterocycles. The number of likely N-dealkylation sites (tertiary alicyclic amines) is 1. The van der Waals surface area contributed by atoms with Crippen molar-refractivity contribution < 1.29 is 9.59 Å². The molecule has 2 aromatic rings. The molecule has 1 N–H and O–H groups in total. The minimum absolute atomic E-state index is 0.0725. The van der Waals surface area contributed by atoms with Gasteiger partial charge in [0.1, 0.15) is 0 Å². The highest BCUT2D eigenvalue weighted by molar-refractivity contribution is 6.33. The molecule has 1 aliphatic heterocycles. The van der Waals surface area contributed by atoms with Crippen molar-refractivity contribution in [1.29, 1.82) is 0 Å². The Morgan fingerprint density at radius 3 is 2.50 bits per heavy atom. The fraction of sp³-hybridized carbons (Fsp3) is 0.333. The Morgan fingerprint density at radius 2 is 1.85 bits per heavy atom. The number of hydrogen-bond acceptors (Lipinski definition) is 2. The molecule has 26 heavy (non-hydrogen) atoms. The first-order valence-electron chi connectivity index (χ1n) is 8.96. The van der Waals surface area contributed by atoms with Crippen molar-refractivity contribution in [3.05, 3.63) is 70.7 Å². The summed E-state index contributed by atoms with van der Waals surface area (Å²) >= 11 is 6.14. The Labute approximate surface area is 159 Å².